The summed E-state index contributed by atoms with van der Waals surface area (Å²) in [5.41, 5.74) is 5.74. The van der Waals surface area contributed by atoms with E-state index in [0.717, 1.165) is 44.1 Å². The molecule has 2 aromatic rings. The van der Waals surface area contributed by atoms with Gasteiger partial charge in [-0.25, -0.2) is 0 Å². The first-order valence-electron chi connectivity index (χ1n) is 9.88. The normalized spacial score (nSPS) is 16.8. The van der Waals surface area contributed by atoms with Crippen molar-refractivity contribution in [1.82, 2.24) is 9.80 Å². The van der Waals surface area contributed by atoms with E-state index >= 15 is 0 Å². The smallest absolute Gasteiger partial charge is 0.253 e. The van der Waals surface area contributed by atoms with Gasteiger partial charge in [-0.1, -0.05) is 17.7 Å². The fourth-order valence-corrected chi connectivity index (χ4v) is 3.99. The van der Waals surface area contributed by atoms with Crippen LogP contribution < -0.4 is 9.80 Å². The van der Waals surface area contributed by atoms with E-state index in [-0.39, 0.29) is 5.91 Å². The third-order valence-corrected chi connectivity index (χ3v) is 5.58. The van der Waals surface area contributed by atoms with Crippen LogP contribution in [0.2, 0.25) is 0 Å². The summed E-state index contributed by atoms with van der Waals surface area (Å²) in [6.45, 7) is 8.39. The molecule has 4 rings (SSSR count). The summed E-state index contributed by atoms with van der Waals surface area (Å²) in [7, 11) is 2.05. The van der Waals surface area contributed by atoms with Gasteiger partial charge in [0.25, 0.3) is 5.91 Å². The Kier molecular flexibility index (Phi) is 4.99. The van der Waals surface area contributed by atoms with Gasteiger partial charge in [-0.05, 0) is 49.7 Å². The van der Waals surface area contributed by atoms with Crippen molar-refractivity contribution in [2.24, 2.45) is 0 Å². The van der Waals surface area contributed by atoms with Crippen LogP contribution in [0.1, 0.15) is 21.5 Å². The molecule has 0 unspecified atom stereocenters. The predicted molar refractivity (Wildman–Crippen MR) is 115 cm³/mol. The van der Waals surface area contributed by atoms with Crippen molar-refractivity contribution in [2.75, 3.05) is 49.7 Å². The number of nitrogens with zero attached hydrogens (tertiary/aromatic N) is 4. The Morgan fingerprint density at radius 3 is 2.21 bits per heavy atom. The van der Waals surface area contributed by atoms with Crippen LogP contribution >= 0.6 is 0 Å². The molecule has 2 aromatic carbocycles. The highest BCUT2D eigenvalue weighted by Gasteiger charge is 2.23. The molecule has 0 atom stereocenters. The van der Waals surface area contributed by atoms with Crippen LogP contribution in [0.25, 0.3) is 0 Å². The molecule has 1 amide bonds. The van der Waals surface area contributed by atoms with Crippen molar-refractivity contribution < 1.29 is 4.79 Å². The second kappa shape index (κ2) is 7.58. The second-order valence-corrected chi connectivity index (χ2v) is 7.78. The number of rotatable bonds is 3. The summed E-state index contributed by atoms with van der Waals surface area (Å²) in [5.74, 6) is 0.126. The maximum Gasteiger partial charge on any atom is 0.253 e. The highest BCUT2D eigenvalue weighted by atomic mass is 16.2. The molecule has 28 heavy (non-hydrogen) atoms. The zero-order valence-electron chi connectivity index (χ0n) is 16.9. The third kappa shape index (κ3) is 3.70. The minimum atomic E-state index is 0.126. The quantitative estimate of drug-likeness (QED) is 0.821. The molecule has 0 radical (unpaired) electrons. The molecule has 2 aliphatic rings. The zero-order chi connectivity index (χ0) is 19.7. The van der Waals surface area contributed by atoms with Gasteiger partial charge in [0.15, 0.2) is 0 Å². The van der Waals surface area contributed by atoms with Crippen LogP contribution in [0.3, 0.4) is 0 Å². The molecule has 0 N–H and O–H groups in total. The molecule has 5 heteroatoms. The number of benzene rings is 2. The molecule has 1 saturated heterocycles. The molecule has 0 aliphatic carbocycles. The standard InChI is InChI=1S/C23H28N4O/c1-18-4-9-22(19(2)16-18)25-12-14-26(15-13-25)23(28)20-5-7-21(8-6-20)27-11-10-24(3)17-27/h4-11,16H,12-15,17H2,1-3H3. The van der Waals surface area contributed by atoms with Crippen molar-refractivity contribution in [2.45, 2.75) is 13.8 Å². The van der Waals surface area contributed by atoms with Gasteiger partial charge < -0.3 is 19.6 Å². The fourth-order valence-electron chi connectivity index (χ4n) is 3.99. The minimum Gasteiger partial charge on any atom is -0.368 e. The van der Waals surface area contributed by atoms with Crippen molar-refractivity contribution >= 4 is 17.3 Å². The maximum atomic E-state index is 12.9. The van der Waals surface area contributed by atoms with Crippen LogP contribution in [0.4, 0.5) is 11.4 Å². The van der Waals surface area contributed by atoms with E-state index in [9.17, 15) is 4.79 Å². The molecule has 1 fully saturated rings. The Bertz CT molecular complexity index is 882. The number of hydrogen-bond acceptors (Lipinski definition) is 4. The number of anilines is 2. The lowest BCUT2D eigenvalue weighted by atomic mass is 10.1. The lowest BCUT2D eigenvalue weighted by Gasteiger charge is -2.37. The van der Waals surface area contributed by atoms with Crippen LogP contribution in [0, 0.1) is 13.8 Å². The van der Waals surface area contributed by atoms with Crippen molar-refractivity contribution in [3.05, 3.63) is 71.6 Å². The fraction of sp³-hybridized carbons (Fsp3) is 0.348. The van der Waals surface area contributed by atoms with Gasteiger partial charge in [-0.15, -0.1) is 0 Å². The molecule has 0 aromatic heterocycles. The van der Waals surface area contributed by atoms with Gasteiger partial charge in [0.1, 0.15) is 0 Å². The molecular weight excluding hydrogens is 348 g/mol. The summed E-state index contributed by atoms with van der Waals surface area (Å²) in [4.78, 5) is 21.6. The number of amides is 1. The minimum absolute atomic E-state index is 0.126. The molecule has 2 aliphatic heterocycles. The zero-order valence-corrected chi connectivity index (χ0v) is 16.9. The van der Waals surface area contributed by atoms with E-state index < -0.39 is 0 Å². The summed E-state index contributed by atoms with van der Waals surface area (Å²) >= 11 is 0. The summed E-state index contributed by atoms with van der Waals surface area (Å²) in [6, 6.07) is 14.5. The topological polar surface area (TPSA) is 30.0 Å². The van der Waals surface area contributed by atoms with Gasteiger partial charge in [0, 0.05) is 62.6 Å². The van der Waals surface area contributed by atoms with Crippen molar-refractivity contribution in [3.63, 3.8) is 0 Å². The number of carbonyl (C=O) groups excluding carboxylic acids is 1. The molecule has 0 spiro atoms. The van der Waals surface area contributed by atoms with Gasteiger partial charge in [0.2, 0.25) is 0 Å². The van der Waals surface area contributed by atoms with E-state index in [4.69, 9.17) is 0 Å². The van der Waals surface area contributed by atoms with E-state index in [2.05, 4.69) is 52.9 Å². The van der Waals surface area contributed by atoms with Gasteiger partial charge in [-0.2, -0.15) is 0 Å². The highest BCUT2D eigenvalue weighted by Crippen LogP contribution is 2.24. The summed E-state index contributed by atoms with van der Waals surface area (Å²) < 4.78 is 0. The van der Waals surface area contributed by atoms with Crippen molar-refractivity contribution in [1.29, 1.82) is 0 Å². The Labute approximate surface area is 167 Å². The van der Waals surface area contributed by atoms with E-state index in [0.29, 0.717) is 0 Å². The van der Waals surface area contributed by atoms with Crippen LogP contribution in [-0.2, 0) is 0 Å². The average molecular weight is 377 g/mol. The number of carbonyl (C=O) groups is 1. The summed E-state index contributed by atoms with van der Waals surface area (Å²) in [5, 5.41) is 0. The Morgan fingerprint density at radius 1 is 0.893 bits per heavy atom. The Morgan fingerprint density at radius 2 is 1.61 bits per heavy atom. The third-order valence-electron chi connectivity index (χ3n) is 5.58. The number of hydrogen-bond donors (Lipinski definition) is 0. The van der Waals surface area contributed by atoms with E-state index in [1.165, 1.54) is 16.8 Å². The van der Waals surface area contributed by atoms with Crippen LogP contribution in [-0.4, -0.2) is 55.6 Å². The second-order valence-electron chi connectivity index (χ2n) is 7.78. The molecule has 0 saturated carbocycles. The van der Waals surface area contributed by atoms with Gasteiger partial charge in [0.05, 0.1) is 6.67 Å². The molecular formula is C23H28N4O. The molecule has 146 valence electrons. The Balaban J connectivity index is 1.38. The van der Waals surface area contributed by atoms with E-state index in [1.807, 2.05) is 42.4 Å². The van der Waals surface area contributed by atoms with Crippen LogP contribution in [0.15, 0.2) is 54.9 Å². The van der Waals surface area contributed by atoms with Crippen LogP contribution in [0.5, 0.6) is 0 Å². The molecule has 5 nitrogen and oxygen atoms in total. The predicted octanol–water partition coefficient (Wildman–Crippen LogP) is 3.45. The highest BCUT2D eigenvalue weighted by molar-refractivity contribution is 5.94. The largest absolute Gasteiger partial charge is 0.368 e. The SMILES string of the molecule is Cc1ccc(N2CCN(C(=O)c3ccc(N4C=CN(C)C4)cc3)CC2)c(C)c1. The van der Waals surface area contributed by atoms with E-state index in [1.54, 1.807) is 0 Å². The lowest BCUT2D eigenvalue weighted by molar-refractivity contribution is 0.0747. The first-order chi connectivity index (χ1) is 13.5. The monoisotopic (exact) mass is 376 g/mol. The first kappa shape index (κ1) is 18.4. The van der Waals surface area contributed by atoms with Gasteiger partial charge >= 0.3 is 0 Å². The maximum absolute atomic E-state index is 12.9. The first-order valence-corrected chi connectivity index (χ1v) is 9.88. The molecule has 0 bridgehead atoms. The number of aryl methyl sites for hydroxylation is 2. The van der Waals surface area contributed by atoms with Gasteiger partial charge in [-0.3, -0.25) is 4.79 Å². The summed E-state index contributed by atoms with van der Waals surface area (Å²) in [6.07, 6.45) is 4.11. The number of piperazine rings is 1. The molecule has 2 heterocycles. The average Bonchev–Trinajstić information content (AvgIpc) is 3.14. The lowest BCUT2D eigenvalue weighted by Crippen LogP contribution is -2.49. The Hall–Kier alpha value is -2.95. The van der Waals surface area contributed by atoms with Crippen molar-refractivity contribution in [3.8, 4) is 0 Å².